The summed E-state index contributed by atoms with van der Waals surface area (Å²) in [7, 11) is 1.63. The average Bonchev–Trinajstić information content (AvgIpc) is 2.82. The van der Waals surface area contributed by atoms with Crippen LogP contribution in [0.2, 0.25) is 0 Å². The Labute approximate surface area is 155 Å². The molecule has 0 amide bonds. The van der Waals surface area contributed by atoms with Crippen molar-refractivity contribution < 1.29 is 9.13 Å². The van der Waals surface area contributed by atoms with E-state index in [1.807, 2.05) is 12.1 Å². The van der Waals surface area contributed by atoms with E-state index in [4.69, 9.17) is 4.74 Å². The van der Waals surface area contributed by atoms with Crippen LogP contribution in [-0.2, 0) is 5.41 Å². The Kier molecular flexibility index (Phi) is 3.73. The first kappa shape index (κ1) is 16.3. The van der Waals surface area contributed by atoms with Gasteiger partial charge in [0, 0.05) is 21.0 Å². The molecule has 0 heterocycles. The molecule has 0 saturated heterocycles. The quantitative estimate of drug-likeness (QED) is 0.475. The van der Waals surface area contributed by atoms with Crippen molar-refractivity contribution in [2.45, 2.75) is 19.3 Å². The number of methoxy groups -OCH3 is 1. The van der Waals surface area contributed by atoms with E-state index in [-0.39, 0.29) is 11.2 Å². The fourth-order valence-electron chi connectivity index (χ4n) is 3.85. The van der Waals surface area contributed by atoms with Gasteiger partial charge in [-0.15, -0.1) is 0 Å². The van der Waals surface area contributed by atoms with E-state index in [2.05, 4.69) is 60.1 Å². The van der Waals surface area contributed by atoms with Gasteiger partial charge >= 0.3 is 0 Å². The summed E-state index contributed by atoms with van der Waals surface area (Å²) in [5.41, 5.74) is 6.04. The predicted molar refractivity (Wildman–Crippen MR) is 104 cm³/mol. The van der Waals surface area contributed by atoms with Crippen molar-refractivity contribution in [2.24, 2.45) is 0 Å². The summed E-state index contributed by atoms with van der Waals surface area (Å²) < 4.78 is 20.9. The number of benzene rings is 3. The van der Waals surface area contributed by atoms with E-state index >= 15 is 0 Å². The zero-order valence-corrected chi connectivity index (χ0v) is 15.9. The van der Waals surface area contributed by atoms with Crippen molar-refractivity contribution >= 4 is 15.9 Å². The first-order valence-corrected chi connectivity index (χ1v) is 9.01. The summed E-state index contributed by atoms with van der Waals surface area (Å²) in [6.07, 6.45) is 0. The Balaban J connectivity index is 2.06. The van der Waals surface area contributed by atoms with Gasteiger partial charge in [-0.25, -0.2) is 4.39 Å². The van der Waals surface area contributed by atoms with Crippen LogP contribution in [-0.4, -0.2) is 7.11 Å². The zero-order valence-electron chi connectivity index (χ0n) is 14.4. The predicted octanol–water partition coefficient (Wildman–Crippen LogP) is 6.57. The summed E-state index contributed by atoms with van der Waals surface area (Å²) in [6.45, 7) is 4.44. The van der Waals surface area contributed by atoms with Crippen LogP contribution < -0.4 is 4.74 Å². The number of halogens is 2. The molecule has 1 nitrogen and oxygen atoms in total. The minimum absolute atomic E-state index is 0.107. The maximum Gasteiger partial charge on any atom is 0.132 e. The number of hydrogen-bond donors (Lipinski definition) is 0. The molecule has 0 radical (unpaired) electrons. The molecule has 0 bridgehead atoms. The maximum absolute atomic E-state index is 14.6. The molecule has 126 valence electrons. The van der Waals surface area contributed by atoms with Crippen LogP contribution in [0.1, 0.15) is 25.0 Å². The smallest absolute Gasteiger partial charge is 0.132 e. The third kappa shape index (κ3) is 2.33. The molecule has 3 aromatic rings. The minimum atomic E-state index is -0.266. The van der Waals surface area contributed by atoms with Crippen molar-refractivity contribution in [2.75, 3.05) is 7.11 Å². The number of hydrogen-bond acceptors (Lipinski definition) is 1. The normalized spacial score (nSPS) is 14.1. The number of rotatable bonds is 2. The lowest BCUT2D eigenvalue weighted by Gasteiger charge is -2.22. The Bertz CT molecular complexity index is 971. The summed E-state index contributed by atoms with van der Waals surface area (Å²) in [5, 5.41) is 0. The molecular formula is C22H18BrFO. The molecule has 0 fully saturated rings. The van der Waals surface area contributed by atoms with Crippen LogP contribution in [0.5, 0.6) is 5.75 Å². The van der Waals surface area contributed by atoms with Gasteiger partial charge in [0.15, 0.2) is 0 Å². The molecular weight excluding hydrogens is 379 g/mol. The highest BCUT2D eigenvalue weighted by molar-refractivity contribution is 9.10. The van der Waals surface area contributed by atoms with Gasteiger partial charge < -0.3 is 4.74 Å². The van der Waals surface area contributed by atoms with Crippen molar-refractivity contribution in [1.29, 1.82) is 0 Å². The van der Waals surface area contributed by atoms with Crippen LogP contribution in [0, 0.1) is 5.82 Å². The molecule has 3 heteroatoms. The van der Waals surface area contributed by atoms with Crippen LogP contribution >= 0.6 is 15.9 Å². The Morgan fingerprint density at radius 3 is 2.36 bits per heavy atom. The second-order valence-corrected chi connectivity index (χ2v) is 7.72. The van der Waals surface area contributed by atoms with E-state index in [0.29, 0.717) is 11.3 Å². The lowest BCUT2D eigenvalue weighted by Crippen LogP contribution is -2.15. The molecule has 1 aliphatic rings. The molecule has 1 aliphatic carbocycles. The molecule has 4 rings (SSSR count). The van der Waals surface area contributed by atoms with Gasteiger partial charge in [0.1, 0.15) is 11.6 Å². The van der Waals surface area contributed by atoms with Gasteiger partial charge in [-0.05, 0) is 46.5 Å². The van der Waals surface area contributed by atoms with Crippen LogP contribution in [0.4, 0.5) is 4.39 Å². The fraction of sp³-hybridized carbons (Fsp3) is 0.182. The van der Waals surface area contributed by atoms with Crippen LogP contribution in [0.3, 0.4) is 0 Å². The van der Waals surface area contributed by atoms with E-state index in [1.165, 1.54) is 22.8 Å². The maximum atomic E-state index is 14.6. The lowest BCUT2D eigenvalue weighted by molar-refractivity contribution is 0.415. The van der Waals surface area contributed by atoms with E-state index in [9.17, 15) is 4.39 Å². The van der Waals surface area contributed by atoms with E-state index < -0.39 is 0 Å². The van der Waals surface area contributed by atoms with Crippen LogP contribution in [0.25, 0.3) is 22.3 Å². The Morgan fingerprint density at radius 1 is 0.880 bits per heavy atom. The first-order valence-electron chi connectivity index (χ1n) is 8.22. The lowest BCUT2D eigenvalue weighted by atomic mass is 9.82. The molecule has 0 saturated carbocycles. The Hall–Kier alpha value is -2.13. The third-order valence-corrected chi connectivity index (χ3v) is 5.80. The van der Waals surface area contributed by atoms with Gasteiger partial charge in [0.25, 0.3) is 0 Å². The highest BCUT2D eigenvalue weighted by Gasteiger charge is 2.36. The van der Waals surface area contributed by atoms with Gasteiger partial charge in [-0.2, -0.15) is 0 Å². The summed E-state index contributed by atoms with van der Waals surface area (Å²) in [4.78, 5) is 0. The van der Waals surface area contributed by atoms with Crippen molar-refractivity contribution in [1.82, 2.24) is 0 Å². The average molecular weight is 397 g/mol. The summed E-state index contributed by atoms with van der Waals surface area (Å²) in [5.74, 6) is 0.420. The van der Waals surface area contributed by atoms with Crippen molar-refractivity contribution in [3.05, 3.63) is 76.0 Å². The largest absolute Gasteiger partial charge is 0.496 e. The molecule has 0 aliphatic heterocycles. The molecule has 0 aromatic heterocycles. The topological polar surface area (TPSA) is 9.23 Å². The molecule has 0 atom stereocenters. The second kappa shape index (κ2) is 5.70. The van der Waals surface area contributed by atoms with Gasteiger partial charge in [-0.1, -0.05) is 60.1 Å². The monoisotopic (exact) mass is 396 g/mol. The zero-order chi connectivity index (χ0) is 17.8. The standard InChI is InChI=1S/C22H18BrFO/c1-22(2)16-8-5-4-7-13(16)14-11-15(20(25-3)12-17(14)22)21-18(23)9-6-10-19(21)24/h4-12H,1-3H3. The summed E-state index contributed by atoms with van der Waals surface area (Å²) in [6, 6.07) is 17.6. The van der Waals surface area contributed by atoms with Crippen molar-refractivity contribution in [3.8, 4) is 28.0 Å². The van der Waals surface area contributed by atoms with E-state index in [0.717, 1.165) is 15.6 Å². The minimum Gasteiger partial charge on any atom is -0.496 e. The SMILES string of the molecule is COc1cc2c(cc1-c1c(F)cccc1Br)-c1ccccc1C2(C)C. The molecule has 3 aromatic carbocycles. The van der Waals surface area contributed by atoms with Gasteiger partial charge in [-0.3, -0.25) is 0 Å². The molecule has 0 spiro atoms. The molecule has 0 N–H and O–H groups in total. The van der Waals surface area contributed by atoms with Gasteiger partial charge in [0.05, 0.1) is 7.11 Å². The number of fused-ring (bicyclic) bond motifs is 3. The van der Waals surface area contributed by atoms with E-state index in [1.54, 1.807) is 13.2 Å². The number of ether oxygens (including phenoxy) is 1. The third-order valence-electron chi connectivity index (χ3n) is 5.14. The van der Waals surface area contributed by atoms with Crippen LogP contribution in [0.15, 0.2) is 59.1 Å². The highest BCUT2D eigenvalue weighted by Crippen LogP contribution is 2.52. The first-order chi connectivity index (χ1) is 11.9. The fourth-order valence-corrected chi connectivity index (χ4v) is 4.40. The highest BCUT2D eigenvalue weighted by atomic mass is 79.9. The van der Waals surface area contributed by atoms with Gasteiger partial charge in [0.2, 0.25) is 0 Å². The van der Waals surface area contributed by atoms with Crippen molar-refractivity contribution in [3.63, 3.8) is 0 Å². The molecule has 0 unspecified atom stereocenters. The second-order valence-electron chi connectivity index (χ2n) is 6.87. The molecule has 25 heavy (non-hydrogen) atoms. The Morgan fingerprint density at radius 2 is 1.64 bits per heavy atom. The summed E-state index contributed by atoms with van der Waals surface area (Å²) >= 11 is 3.49.